The summed E-state index contributed by atoms with van der Waals surface area (Å²) in [4.78, 5) is 24.0. The average molecular weight is 426 g/mol. The fourth-order valence-corrected chi connectivity index (χ4v) is 2.39. The molecule has 2 rings (SSSR count). The van der Waals surface area contributed by atoms with Crippen LogP contribution in [-0.4, -0.2) is 37.2 Å². The number of methoxy groups -OCH3 is 1. The zero-order valence-electron chi connectivity index (χ0n) is 13.3. The van der Waals surface area contributed by atoms with E-state index < -0.39 is 5.91 Å². The van der Waals surface area contributed by atoms with Gasteiger partial charge in [0.2, 0.25) is 0 Å². The van der Waals surface area contributed by atoms with Gasteiger partial charge in [0.05, 0.1) is 6.61 Å². The van der Waals surface area contributed by atoms with Gasteiger partial charge in [-0.15, -0.1) is 0 Å². The maximum absolute atomic E-state index is 12.0. The normalized spacial score (nSPS) is 10.2. The van der Waals surface area contributed by atoms with Crippen LogP contribution in [-0.2, 0) is 4.74 Å². The summed E-state index contributed by atoms with van der Waals surface area (Å²) in [7, 11) is 1.56. The first kappa shape index (κ1) is 19.1. The monoisotopic (exact) mass is 425 g/mol. The van der Waals surface area contributed by atoms with Gasteiger partial charge in [0.15, 0.2) is 15.5 Å². The highest BCUT2D eigenvalue weighted by atomic mass is 79.9. The summed E-state index contributed by atoms with van der Waals surface area (Å²) in [6, 6.07) is 9.87. The third kappa shape index (κ3) is 5.96. The van der Waals surface area contributed by atoms with Crippen molar-refractivity contribution < 1.29 is 18.7 Å². The maximum atomic E-state index is 12.0. The maximum Gasteiger partial charge on any atom is 0.293 e. The van der Waals surface area contributed by atoms with Crippen molar-refractivity contribution >= 4 is 50.8 Å². The second-order valence-electron chi connectivity index (χ2n) is 4.84. The van der Waals surface area contributed by atoms with Crippen molar-refractivity contribution in [1.29, 1.82) is 0 Å². The average Bonchev–Trinajstić information content (AvgIpc) is 3.01. The van der Waals surface area contributed by atoms with E-state index in [9.17, 15) is 9.59 Å². The lowest BCUT2D eigenvalue weighted by atomic mass is 10.2. The van der Waals surface area contributed by atoms with Crippen molar-refractivity contribution in [1.82, 2.24) is 10.6 Å². The van der Waals surface area contributed by atoms with Crippen LogP contribution in [0.15, 0.2) is 45.5 Å². The molecule has 1 aromatic carbocycles. The van der Waals surface area contributed by atoms with Gasteiger partial charge >= 0.3 is 0 Å². The Labute approximate surface area is 158 Å². The predicted molar refractivity (Wildman–Crippen MR) is 101 cm³/mol. The van der Waals surface area contributed by atoms with Crippen LogP contribution in [0.25, 0.3) is 0 Å². The fourth-order valence-electron chi connectivity index (χ4n) is 1.87. The molecule has 1 heterocycles. The molecule has 1 aromatic heterocycles. The molecular weight excluding hydrogens is 410 g/mol. The van der Waals surface area contributed by atoms with E-state index in [0.717, 1.165) is 0 Å². The molecule has 2 amide bonds. The van der Waals surface area contributed by atoms with Gasteiger partial charge in [-0.1, -0.05) is 6.07 Å². The molecule has 0 aliphatic carbocycles. The second-order valence-corrected chi connectivity index (χ2v) is 6.03. The quantitative estimate of drug-likeness (QED) is 0.486. The number of furan rings is 1. The third-order valence-electron chi connectivity index (χ3n) is 3.00. The lowest BCUT2D eigenvalue weighted by Gasteiger charge is -2.10. The number of halogens is 1. The van der Waals surface area contributed by atoms with Gasteiger partial charge in [0.1, 0.15) is 0 Å². The Balaban J connectivity index is 1.93. The topological polar surface area (TPSA) is 92.6 Å². The Morgan fingerprint density at radius 1 is 1.24 bits per heavy atom. The number of carbonyl (C=O) groups excluding carboxylic acids is 2. The molecular formula is C16H16BrN3O4S. The van der Waals surface area contributed by atoms with E-state index in [-0.39, 0.29) is 16.8 Å². The summed E-state index contributed by atoms with van der Waals surface area (Å²) in [5.41, 5.74) is 1.04. The number of hydrogen-bond acceptors (Lipinski definition) is 5. The zero-order valence-corrected chi connectivity index (χ0v) is 15.7. The lowest BCUT2D eigenvalue weighted by Crippen LogP contribution is -2.34. The van der Waals surface area contributed by atoms with Crippen molar-refractivity contribution in [3.63, 3.8) is 0 Å². The molecule has 0 bridgehead atoms. The van der Waals surface area contributed by atoms with Crippen LogP contribution in [0.2, 0.25) is 0 Å². The van der Waals surface area contributed by atoms with Gasteiger partial charge in [-0.3, -0.25) is 14.9 Å². The van der Waals surface area contributed by atoms with Crippen LogP contribution < -0.4 is 16.0 Å². The van der Waals surface area contributed by atoms with Crippen molar-refractivity contribution in [3.05, 3.63) is 52.4 Å². The number of rotatable bonds is 6. The SMILES string of the molecule is COCCNC(=O)c1cccc(NC(=S)NC(=O)c2ccc(Br)o2)c1. The summed E-state index contributed by atoms with van der Waals surface area (Å²) in [5, 5.41) is 8.17. The first-order valence-electron chi connectivity index (χ1n) is 7.24. The zero-order chi connectivity index (χ0) is 18.2. The van der Waals surface area contributed by atoms with Gasteiger partial charge in [0.25, 0.3) is 11.8 Å². The van der Waals surface area contributed by atoms with Crippen LogP contribution in [0.3, 0.4) is 0 Å². The minimum Gasteiger partial charge on any atom is -0.444 e. The Bertz CT molecular complexity index is 778. The highest BCUT2D eigenvalue weighted by Gasteiger charge is 2.12. The minimum atomic E-state index is -0.475. The number of carbonyl (C=O) groups is 2. The van der Waals surface area contributed by atoms with E-state index in [1.165, 1.54) is 6.07 Å². The standard InChI is InChI=1S/C16H16BrN3O4S/c1-23-8-7-18-14(21)10-3-2-4-11(9-10)19-16(25)20-15(22)12-5-6-13(17)24-12/h2-6,9H,7-8H2,1H3,(H,18,21)(H2,19,20,22,25). The Hall–Kier alpha value is -2.23. The molecule has 0 spiro atoms. The molecule has 9 heteroatoms. The van der Waals surface area contributed by atoms with Gasteiger partial charge < -0.3 is 19.8 Å². The van der Waals surface area contributed by atoms with Crippen molar-refractivity contribution in [2.45, 2.75) is 0 Å². The van der Waals surface area contributed by atoms with Crippen LogP contribution in [0, 0.1) is 0 Å². The van der Waals surface area contributed by atoms with E-state index >= 15 is 0 Å². The fraction of sp³-hybridized carbons (Fsp3) is 0.188. The first-order chi connectivity index (χ1) is 12.0. The van der Waals surface area contributed by atoms with Gasteiger partial charge in [0, 0.05) is 24.9 Å². The van der Waals surface area contributed by atoms with E-state index in [1.807, 2.05) is 0 Å². The van der Waals surface area contributed by atoms with E-state index in [4.69, 9.17) is 21.4 Å². The molecule has 0 unspecified atom stereocenters. The van der Waals surface area contributed by atoms with Crippen LogP contribution in [0.1, 0.15) is 20.9 Å². The molecule has 0 radical (unpaired) electrons. The van der Waals surface area contributed by atoms with Gasteiger partial charge in [-0.05, 0) is 58.5 Å². The Morgan fingerprint density at radius 3 is 2.72 bits per heavy atom. The first-order valence-corrected chi connectivity index (χ1v) is 8.44. The molecule has 3 N–H and O–H groups in total. The smallest absolute Gasteiger partial charge is 0.293 e. The number of hydrogen-bond donors (Lipinski definition) is 3. The Kier molecular flexibility index (Phi) is 7.11. The van der Waals surface area contributed by atoms with Gasteiger partial charge in [-0.2, -0.15) is 0 Å². The van der Waals surface area contributed by atoms with Crippen LogP contribution >= 0.6 is 28.1 Å². The molecule has 25 heavy (non-hydrogen) atoms. The van der Waals surface area contributed by atoms with E-state index in [2.05, 4.69) is 31.9 Å². The summed E-state index contributed by atoms with van der Waals surface area (Å²) >= 11 is 8.22. The van der Waals surface area contributed by atoms with Crippen LogP contribution in [0.4, 0.5) is 5.69 Å². The predicted octanol–water partition coefficient (Wildman–Crippen LogP) is 2.55. The molecule has 0 atom stereocenters. The molecule has 132 valence electrons. The van der Waals surface area contributed by atoms with E-state index in [0.29, 0.717) is 29.1 Å². The number of nitrogens with one attached hydrogen (secondary N) is 3. The number of ether oxygens (including phenoxy) is 1. The highest BCUT2D eigenvalue weighted by molar-refractivity contribution is 9.10. The van der Waals surface area contributed by atoms with E-state index in [1.54, 1.807) is 37.4 Å². The second kappa shape index (κ2) is 9.30. The number of thiocarbonyl (C=S) groups is 1. The molecule has 0 aliphatic rings. The van der Waals surface area contributed by atoms with Gasteiger partial charge in [-0.25, -0.2) is 0 Å². The number of anilines is 1. The molecule has 0 aliphatic heterocycles. The van der Waals surface area contributed by atoms with Crippen LogP contribution in [0.5, 0.6) is 0 Å². The summed E-state index contributed by atoms with van der Waals surface area (Å²) in [5.74, 6) is -0.574. The molecule has 0 saturated heterocycles. The lowest BCUT2D eigenvalue weighted by molar-refractivity contribution is 0.0933. The summed E-state index contributed by atoms with van der Waals surface area (Å²) < 4.78 is 10.5. The van der Waals surface area contributed by atoms with Crippen molar-refractivity contribution in [3.8, 4) is 0 Å². The molecule has 0 saturated carbocycles. The largest absolute Gasteiger partial charge is 0.444 e. The summed E-state index contributed by atoms with van der Waals surface area (Å²) in [6.45, 7) is 0.850. The molecule has 2 aromatic rings. The highest BCUT2D eigenvalue weighted by Crippen LogP contribution is 2.14. The van der Waals surface area contributed by atoms with Crippen molar-refractivity contribution in [2.24, 2.45) is 0 Å². The minimum absolute atomic E-state index is 0.0921. The summed E-state index contributed by atoms with van der Waals surface area (Å²) in [6.07, 6.45) is 0. The third-order valence-corrected chi connectivity index (χ3v) is 3.63. The molecule has 7 nitrogen and oxygen atoms in total. The number of amides is 2. The van der Waals surface area contributed by atoms with Crippen molar-refractivity contribution in [2.75, 3.05) is 25.6 Å². The number of benzene rings is 1. The molecule has 0 fully saturated rings. The Morgan fingerprint density at radius 2 is 2.04 bits per heavy atom.